The van der Waals surface area contributed by atoms with Crippen molar-refractivity contribution in [2.24, 2.45) is 11.8 Å². The summed E-state index contributed by atoms with van der Waals surface area (Å²) in [6.45, 7) is 5.49. The van der Waals surface area contributed by atoms with E-state index in [1.54, 1.807) is 25.4 Å². The normalized spacial score (nSPS) is 22.0. The average Bonchev–Trinajstić information content (AvgIpc) is 3.12. The van der Waals surface area contributed by atoms with Crippen molar-refractivity contribution in [2.45, 2.75) is 31.6 Å². The van der Waals surface area contributed by atoms with Gasteiger partial charge in [-0.25, -0.2) is 17.7 Å². The van der Waals surface area contributed by atoms with E-state index in [1.165, 1.54) is 4.31 Å². The van der Waals surface area contributed by atoms with E-state index in [2.05, 4.69) is 17.2 Å². The minimum absolute atomic E-state index is 0.268. The van der Waals surface area contributed by atoms with Crippen molar-refractivity contribution in [3.63, 3.8) is 0 Å². The Balaban J connectivity index is 2.19. The number of nitrogens with zero attached hydrogens (tertiary/aromatic N) is 2. The fourth-order valence-corrected chi connectivity index (χ4v) is 3.57. The Morgan fingerprint density at radius 2 is 2.20 bits per heavy atom. The topological polar surface area (TPSA) is 62.3 Å². The Labute approximate surface area is 121 Å². The van der Waals surface area contributed by atoms with E-state index in [4.69, 9.17) is 0 Å². The summed E-state index contributed by atoms with van der Waals surface area (Å²) in [4.78, 5) is 4.43. The summed E-state index contributed by atoms with van der Waals surface area (Å²) < 4.78 is 26.7. The largest absolute Gasteiger partial charge is 0.369 e. The van der Waals surface area contributed by atoms with Gasteiger partial charge in [-0.1, -0.05) is 13.8 Å². The SMILES string of the molecule is CCCNc1ncccc1S(=O)(=O)N(C)CC1CC1C. The number of hydrogen-bond donors (Lipinski definition) is 1. The average molecular weight is 297 g/mol. The Morgan fingerprint density at radius 1 is 1.50 bits per heavy atom. The lowest BCUT2D eigenvalue weighted by Gasteiger charge is -2.19. The van der Waals surface area contributed by atoms with Gasteiger partial charge in [0.2, 0.25) is 10.0 Å². The zero-order valence-corrected chi connectivity index (χ0v) is 13.2. The van der Waals surface area contributed by atoms with Crippen LogP contribution in [0, 0.1) is 11.8 Å². The number of hydrogen-bond acceptors (Lipinski definition) is 4. The lowest BCUT2D eigenvalue weighted by Crippen LogP contribution is -2.30. The number of sulfonamides is 1. The second-order valence-electron chi connectivity index (χ2n) is 5.54. The second-order valence-corrected chi connectivity index (χ2v) is 7.55. The summed E-state index contributed by atoms with van der Waals surface area (Å²) in [5.41, 5.74) is 0. The maximum absolute atomic E-state index is 12.6. The smallest absolute Gasteiger partial charge is 0.246 e. The number of rotatable bonds is 7. The van der Waals surface area contributed by atoms with E-state index in [9.17, 15) is 8.42 Å². The van der Waals surface area contributed by atoms with Gasteiger partial charge in [-0.15, -0.1) is 0 Å². The van der Waals surface area contributed by atoms with Crippen LogP contribution in [0.15, 0.2) is 23.2 Å². The molecule has 6 heteroatoms. The van der Waals surface area contributed by atoms with Crippen molar-refractivity contribution >= 4 is 15.8 Å². The van der Waals surface area contributed by atoms with Crippen LogP contribution in [0.1, 0.15) is 26.7 Å². The quantitative estimate of drug-likeness (QED) is 0.838. The lowest BCUT2D eigenvalue weighted by molar-refractivity contribution is 0.444. The zero-order chi connectivity index (χ0) is 14.8. The fraction of sp³-hybridized carbons (Fsp3) is 0.643. The van der Waals surface area contributed by atoms with Gasteiger partial charge in [-0.3, -0.25) is 0 Å². The number of pyridine rings is 1. The maximum atomic E-state index is 12.6. The standard InChI is InChI=1S/C14H23N3O2S/c1-4-7-15-14-13(6-5-8-16-14)20(18,19)17(3)10-12-9-11(12)2/h5-6,8,11-12H,4,7,9-10H2,1-3H3,(H,15,16). The van der Waals surface area contributed by atoms with Crippen LogP contribution in [0.3, 0.4) is 0 Å². The minimum atomic E-state index is -3.47. The Morgan fingerprint density at radius 3 is 2.80 bits per heavy atom. The zero-order valence-electron chi connectivity index (χ0n) is 12.3. The summed E-state index contributed by atoms with van der Waals surface area (Å²) in [7, 11) is -1.82. The highest BCUT2D eigenvalue weighted by Gasteiger charge is 2.36. The van der Waals surface area contributed by atoms with E-state index < -0.39 is 10.0 Å². The van der Waals surface area contributed by atoms with E-state index >= 15 is 0 Å². The van der Waals surface area contributed by atoms with Crippen molar-refractivity contribution in [3.05, 3.63) is 18.3 Å². The van der Waals surface area contributed by atoms with E-state index in [1.807, 2.05) is 6.92 Å². The van der Waals surface area contributed by atoms with Gasteiger partial charge >= 0.3 is 0 Å². The molecule has 1 saturated carbocycles. The Hall–Kier alpha value is -1.14. The molecule has 0 aromatic carbocycles. The molecule has 2 unspecified atom stereocenters. The molecular weight excluding hydrogens is 274 g/mol. The van der Waals surface area contributed by atoms with E-state index in [-0.39, 0.29) is 4.90 Å². The highest BCUT2D eigenvalue weighted by atomic mass is 32.2. The molecule has 1 fully saturated rings. The summed E-state index contributed by atoms with van der Waals surface area (Å²) in [5.74, 6) is 1.59. The van der Waals surface area contributed by atoms with Gasteiger partial charge in [0.15, 0.2) is 0 Å². The molecule has 1 aromatic heterocycles. The van der Waals surface area contributed by atoms with Crippen LogP contribution in [-0.2, 0) is 10.0 Å². The minimum Gasteiger partial charge on any atom is -0.369 e. The van der Waals surface area contributed by atoms with E-state index in [0.29, 0.717) is 30.7 Å². The molecule has 20 heavy (non-hydrogen) atoms. The Bertz CT molecular complexity index is 559. The third-order valence-corrected chi connectivity index (χ3v) is 5.62. The van der Waals surface area contributed by atoms with E-state index in [0.717, 1.165) is 12.8 Å². The molecule has 2 rings (SSSR count). The van der Waals surface area contributed by atoms with Crippen molar-refractivity contribution in [2.75, 3.05) is 25.5 Å². The third-order valence-electron chi connectivity index (χ3n) is 3.77. The molecule has 112 valence electrons. The molecule has 2 atom stereocenters. The summed E-state index contributed by atoms with van der Waals surface area (Å²) >= 11 is 0. The van der Waals surface area contributed by atoms with Crippen molar-refractivity contribution < 1.29 is 8.42 Å². The molecule has 1 heterocycles. The van der Waals surface area contributed by atoms with Crippen LogP contribution >= 0.6 is 0 Å². The molecule has 1 aromatic rings. The van der Waals surface area contributed by atoms with Crippen LogP contribution in [0.4, 0.5) is 5.82 Å². The van der Waals surface area contributed by atoms with Gasteiger partial charge in [0.05, 0.1) is 0 Å². The highest BCUT2D eigenvalue weighted by molar-refractivity contribution is 7.89. The molecule has 1 aliphatic rings. The summed E-state index contributed by atoms with van der Waals surface area (Å²) in [6.07, 6.45) is 3.65. The van der Waals surface area contributed by atoms with Gasteiger partial charge in [-0.2, -0.15) is 0 Å². The van der Waals surface area contributed by atoms with Crippen LogP contribution < -0.4 is 5.32 Å². The molecule has 0 aliphatic heterocycles. The van der Waals surface area contributed by atoms with Crippen LogP contribution in [0.2, 0.25) is 0 Å². The first kappa shape index (κ1) is 15.3. The summed E-state index contributed by atoms with van der Waals surface area (Å²) in [5, 5.41) is 3.08. The van der Waals surface area contributed by atoms with Crippen LogP contribution in [0.5, 0.6) is 0 Å². The molecule has 1 aliphatic carbocycles. The van der Waals surface area contributed by atoms with Crippen LogP contribution in [0.25, 0.3) is 0 Å². The Kier molecular flexibility index (Phi) is 4.65. The highest BCUT2D eigenvalue weighted by Crippen LogP contribution is 2.39. The molecule has 0 saturated heterocycles. The maximum Gasteiger partial charge on any atom is 0.246 e. The van der Waals surface area contributed by atoms with Gasteiger partial charge in [-0.05, 0) is 36.8 Å². The van der Waals surface area contributed by atoms with Gasteiger partial charge in [0, 0.05) is 26.3 Å². The predicted molar refractivity (Wildman–Crippen MR) is 80.1 cm³/mol. The summed E-state index contributed by atoms with van der Waals surface area (Å²) in [6, 6.07) is 3.28. The molecular formula is C14H23N3O2S. The molecule has 1 N–H and O–H groups in total. The third kappa shape index (κ3) is 3.30. The van der Waals surface area contributed by atoms with Gasteiger partial charge < -0.3 is 5.32 Å². The first-order chi connectivity index (χ1) is 9.46. The fourth-order valence-electron chi connectivity index (χ4n) is 2.22. The van der Waals surface area contributed by atoms with Crippen LogP contribution in [-0.4, -0.2) is 37.8 Å². The second kappa shape index (κ2) is 6.10. The van der Waals surface area contributed by atoms with Gasteiger partial charge in [0.25, 0.3) is 0 Å². The molecule has 5 nitrogen and oxygen atoms in total. The lowest BCUT2D eigenvalue weighted by atomic mass is 10.3. The number of aromatic nitrogens is 1. The molecule has 0 radical (unpaired) electrons. The molecule has 0 amide bonds. The first-order valence-corrected chi connectivity index (χ1v) is 8.56. The monoisotopic (exact) mass is 297 g/mol. The van der Waals surface area contributed by atoms with Crippen molar-refractivity contribution in [1.82, 2.24) is 9.29 Å². The number of anilines is 1. The molecule has 0 spiro atoms. The molecule has 0 bridgehead atoms. The van der Waals surface area contributed by atoms with Crippen molar-refractivity contribution in [1.29, 1.82) is 0 Å². The number of nitrogens with one attached hydrogen (secondary N) is 1. The predicted octanol–water partition coefficient (Wildman–Crippen LogP) is 2.18. The van der Waals surface area contributed by atoms with Crippen molar-refractivity contribution in [3.8, 4) is 0 Å². The first-order valence-electron chi connectivity index (χ1n) is 7.12. The van der Waals surface area contributed by atoms with Gasteiger partial charge in [0.1, 0.15) is 10.7 Å².